The van der Waals surface area contributed by atoms with E-state index in [0.29, 0.717) is 11.3 Å². The summed E-state index contributed by atoms with van der Waals surface area (Å²) >= 11 is 0. The van der Waals surface area contributed by atoms with E-state index in [-0.39, 0.29) is 24.0 Å². The zero-order chi connectivity index (χ0) is 17.5. The number of aliphatic carboxylic acids is 1. The minimum Gasteiger partial charge on any atom is -0.481 e. The van der Waals surface area contributed by atoms with Gasteiger partial charge in [0.25, 0.3) is 10.0 Å². The molecule has 0 aliphatic carbocycles. The summed E-state index contributed by atoms with van der Waals surface area (Å²) in [6.07, 6.45) is 3.23. The highest BCUT2D eigenvalue weighted by Crippen LogP contribution is 2.38. The zero-order valence-corrected chi connectivity index (χ0v) is 14.3. The van der Waals surface area contributed by atoms with Crippen molar-refractivity contribution in [2.45, 2.75) is 37.3 Å². The molecular weight excluding hydrogens is 330 g/mol. The first-order valence-electron chi connectivity index (χ1n) is 7.70. The number of benzene rings is 1. The van der Waals surface area contributed by atoms with Gasteiger partial charge in [0.2, 0.25) is 0 Å². The molecule has 1 aromatic carbocycles. The lowest BCUT2D eigenvalue weighted by molar-refractivity contribution is -0.139. The van der Waals surface area contributed by atoms with Crippen LogP contribution in [0.5, 0.6) is 0 Å². The fourth-order valence-corrected chi connectivity index (χ4v) is 4.32. The summed E-state index contributed by atoms with van der Waals surface area (Å²) in [7, 11) is -3.83. The second-order valence-electron chi connectivity index (χ2n) is 6.07. The number of nitrogens with zero attached hydrogens (tertiary/aromatic N) is 3. The summed E-state index contributed by atoms with van der Waals surface area (Å²) in [6.45, 7) is 3.99. The van der Waals surface area contributed by atoms with Crippen molar-refractivity contribution in [2.75, 3.05) is 10.8 Å². The zero-order valence-electron chi connectivity index (χ0n) is 13.5. The summed E-state index contributed by atoms with van der Waals surface area (Å²) in [5, 5.41) is 9.34. The van der Waals surface area contributed by atoms with Gasteiger partial charge in [0.1, 0.15) is 0 Å². The van der Waals surface area contributed by atoms with Crippen molar-refractivity contribution < 1.29 is 18.3 Å². The van der Waals surface area contributed by atoms with Crippen molar-refractivity contribution in [1.29, 1.82) is 0 Å². The van der Waals surface area contributed by atoms with Gasteiger partial charge in [-0.15, -0.1) is 0 Å². The molecule has 1 aromatic heterocycles. The van der Waals surface area contributed by atoms with Gasteiger partial charge in [0.15, 0.2) is 5.03 Å². The monoisotopic (exact) mass is 349 g/mol. The van der Waals surface area contributed by atoms with Crippen LogP contribution in [0.4, 0.5) is 5.69 Å². The molecule has 7 nitrogen and oxygen atoms in total. The Morgan fingerprint density at radius 2 is 2.04 bits per heavy atom. The number of carboxylic acid groups (broad SMARTS) is 1. The van der Waals surface area contributed by atoms with Crippen LogP contribution < -0.4 is 4.31 Å². The Balaban J connectivity index is 2.05. The Hall–Kier alpha value is -2.35. The van der Waals surface area contributed by atoms with Crippen LogP contribution in [0, 0.1) is 0 Å². The summed E-state index contributed by atoms with van der Waals surface area (Å²) < 4.78 is 28.9. The summed E-state index contributed by atoms with van der Waals surface area (Å²) in [6, 6.07) is 6.84. The third-order valence-electron chi connectivity index (χ3n) is 4.23. The van der Waals surface area contributed by atoms with Gasteiger partial charge in [0.05, 0.1) is 17.9 Å². The average Bonchev–Trinajstić information content (AvgIpc) is 3.04. The minimum absolute atomic E-state index is 0.0280. The highest BCUT2D eigenvalue weighted by atomic mass is 32.2. The van der Waals surface area contributed by atoms with Crippen LogP contribution in [0.2, 0.25) is 0 Å². The maximum Gasteiger partial charge on any atom is 0.311 e. The average molecular weight is 349 g/mol. The lowest BCUT2D eigenvalue weighted by Gasteiger charge is -2.32. The molecule has 1 N–H and O–H groups in total. The number of hydrogen-bond donors (Lipinski definition) is 1. The van der Waals surface area contributed by atoms with Crippen LogP contribution in [-0.2, 0) is 14.8 Å². The molecule has 1 unspecified atom stereocenters. The molecule has 0 radical (unpaired) electrons. The third-order valence-corrected chi connectivity index (χ3v) is 5.93. The molecule has 24 heavy (non-hydrogen) atoms. The minimum atomic E-state index is -3.83. The second-order valence-corrected chi connectivity index (χ2v) is 7.88. The maximum atomic E-state index is 13.0. The molecule has 2 heterocycles. The molecule has 2 aromatic rings. The second kappa shape index (κ2) is 5.94. The van der Waals surface area contributed by atoms with E-state index in [9.17, 15) is 18.3 Å². The van der Waals surface area contributed by atoms with Gasteiger partial charge in [0, 0.05) is 18.8 Å². The van der Waals surface area contributed by atoms with E-state index in [1.165, 1.54) is 16.8 Å². The molecule has 0 amide bonds. The van der Waals surface area contributed by atoms with Crippen molar-refractivity contribution in [3.63, 3.8) is 0 Å². The van der Waals surface area contributed by atoms with E-state index in [2.05, 4.69) is 4.98 Å². The number of anilines is 1. The molecule has 128 valence electrons. The SMILES string of the molecule is CC(C)n1cnc(S(=O)(=O)N2CCC(C(=O)O)c3ccccc32)c1. The molecular formula is C16H19N3O4S. The fraction of sp³-hybridized carbons (Fsp3) is 0.375. The van der Waals surface area contributed by atoms with Gasteiger partial charge < -0.3 is 9.67 Å². The number of rotatable bonds is 4. The Labute approximate surface area is 140 Å². The lowest BCUT2D eigenvalue weighted by Crippen LogP contribution is -2.38. The summed E-state index contributed by atoms with van der Waals surface area (Å²) in [5.74, 6) is -1.63. The number of sulfonamides is 1. The lowest BCUT2D eigenvalue weighted by atomic mass is 9.91. The quantitative estimate of drug-likeness (QED) is 0.914. The first-order valence-corrected chi connectivity index (χ1v) is 9.14. The van der Waals surface area contributed by atoms with Crippen LogP contribution in [0.1, 0.15) is 37.8 Å². The molecule has 1 atom stereocenters. The fourth-order valence-electron chi connectivity index (χ4n) is 2.88. The number of imidazole rings is 1. The standard InChI is InChI=1S/C16H19N3O4S/c1-11(2)18-9-15(17-10-18)24(22,23)19-8-7-13(16(20)21)12-5-3-4-6-14(12)19/h3-6,9-11,13H,7-8H2,1-2H3,(H,20,21). The van der Waals surface area contributed by atoms with Crippen LogP contribution in [-0.4, -0.2) is 35.6 Å². The number of aromatic nitrogens is 2. The van der Waals surface area contributed by atoms with Crippen LogP contribution in [0.15, 0.2) is 41.8 Å². The first kappa shape index (κ1) is 16.5. The highest BCUT2D eigenvalue weighted by molar-refractivity contribution is 7.92. The van der Waals surface area contributed by atoms with Gasteiger partial charge in [-0.3, -0.25) is 9.10 Å². The maximum absolute atomic E-state index is 13.0. The van der Waals surface area contributed by atoms with Gasteiger partial charge in [-0.1, -0.05) is 18.2 Å². The summed E-state index contributed by atoms with van der Waals surface area (Å²) in [5.41, 5.74) is 0.929. The van der Waals surface area contributed by atoms with E-state index in [0.717, 1.165) is 0 Å². The Morgan fingerprint density at radius 3 is 2.67 bits per heavy atom. The molecule has 0 saturated heterocycles. The highest BCUT2D eigenvalue weighted by Gasteiger charge is 2.36. The Morgan fingerprint density at radius 1 is 1.33 bits per heavy atom. The van der Waals surface area contributed by atoms with Crippen LogP contribution >= 0.6 is 0 Å². The van der Waals surface area contributed by atoms with E-state index in [1.54, 1.807) is 28.8 Å². The molecule has 1 aliphatic heterocycles. The van der Waals surface area contributed by atoms with Crippen molar-refractivity contribution >= 4 is 21.7 Å². The van der Waals surface area contributed by atoms with Crippen molar-refractivity contribution in [3.05, 3.63) is 42.4 Å². The predicted octanol–water partition coefficient (Wildman–Crippen LogP) is 2.23. The molecule has 0 spiro atoms. The Kier molecular flexibility index (Phi) is 4.08. The molecule has 8 heteroatoms. The van der Waals surface area contributed by atoms with E-state index >= 15 is 0 Å². The van der Waals surface area contributed by atoms with Crippen LogP contribution in [0.25, 0.3) is 0 Å². The largest absolute Gasteiger partial charge is 0.481 e. The summed E-state index contributed by atoms with van der Waals surface area (Å²) in [4.78, 5) is 15.5. The van der Waals surface area contributed by atoms with Crippen LogP contribution in [0.3, 0.4) is 0 Å². The van der Waals surface area contributed by atoms with Gasteiger partial charge in [-0.05, 0) is 31.9 Å². The molecule has 0 bridgehead atoms. The van der Waals surface area contributed by atoms with Crippen molar-refractivity contribution in [3.8, 4) is 0 Å². The van der Waals surface area contributed by atoms with Gasteiger partial charge in [-0.25, -0.2) is 4.98 Å². The van der Waals surface area contributed by atoms with E-state index in [4.69, 9.17) is 0 Å². The predicted molar refractivity (Wildman–Crippen MR) is 88.6 cm³/mol. The number of carbonyl (C=O) groups is 1. The van der Waals surface area contributed by atoms with E-state index in [1.807, 2.05) is 13.8 Å². The van der Waals surface area contributed by atoms with Crippen molar-refractivity contribution in [1.82, 2.24) is 9.55 Å². The topological polar surface area (TPSA) is 92.5 Å². The van der Waals surface area contributed by atoms with Gasteiger partial charge in [-0.2, -0.15) is 8.42 Å². The number of fused-ring (bicyclic) bond motifs is 1. The Bertz CT molecular complexity index is 873. The molecule has 0 saturated carbocycles. The van der Waals surface area contributed by atoms with E-state index < -0.39 is 21.9 Å². The first-order chi connectivity index (χ1) is 11.3. The third kappa shape index (κ3) is 2.66. The number of carboxylic acids is 1. The number of hydrogen-bond acceptors (Lipinski definition) is 4. The van der Waals surface area contributed by atoms with Gasteiger partial charge >= 0.3 is 5.97 Å². The molecule has 3 rings (SSSR count). The molecule has 0 fully saturated rings. The smallest absolute Gasteiger partial charge is 0.311 e. The molecule has 1 aliphatic rings. The normalized spacial score (nSPS) is 17.8. The number of para-hydroxylation sites is 1. The van der Waals surface area contributed by atoms with Crippen molar-refractivity contribution in [2.24, 2.45) is 0 Å².